The molecule has 0 unspecified atom stereocenters. The highest BCUT2D eigenvalue weighted by Gasteiger charge is 2.22. The molecule has 0 aliphatic rings. The molecule has 120 valence electrons. The average Bonchev–Trinajstić information content (AvgIpc) is 2.43. The van der Waals surface area contributed by atoms with Gasteiger partial charge in [0.15, 0.2) is 0 Å². The summed E-state index contributed by atoms with van der Waals surface area (Å²) in [4.78, 5) is 0.305. The molecule has 0 radical (unpaired) electrons. The highest BCUT2D eigenvalue weighted by Crippen LogP contribution is 2.24. The van der Waals surface area contributed by atoms with E-state index in [4.69, 9.17) is 4.74 Å². The van der Waals surface area contributed by atoms with Gasteiger partial charge in [-0.05, 0) is 30.7 Å². The van der Waals surface area contributed by atoms with E-state index in [1.807, 2.05) is 20.8 Å². The Hall–Kier alpha value is -1.11. The second-order valence-electron chi connectivity index (χ2n) is 5.43. The summed E-state index contributed by atoms with van der Waals surface area (Å²) in [7, 11) is -0.255. The van der Waals surface area contributed by atoms with Crippen molar-refractivity contribution in [3.63, 3.8) is 0 Å². The van der Waals surface area contributed by atoms with Gasteiger partial charge in [0.05, 0.1) is 12.0 Å². The fraction of sp³-hybridized carbons (Fsp3) is 0.600. The van der Waals surface area contributed by atoms with Gasteiger partial charge in [0.25, 0.3) is 0 Å². The van der Waals surface area contributed by atoms with E-state index in [1.54, 1.807) is 32.4 Å². The molecule has 6 heteroatoms. The summed E-state index contributed by atoms with van der Waals surface area (Å²) in [6.07, 6.45) is 0. The van der Waals surface area contributed by atoms with Crippen LogP contribution in [0.15, 0.2) is 23.1 Å². The van der Waals surface area contributed by atoms with Crippen molar-refractivity contribution in [3.8, 4) is 5.75 Å². The Balaban J connectivity index is 3.12. The minimum absolute atomic E-state index is 0.282. The molecule has 0 fully saturated rings. The fourth-order valence-electron chi connectivity index (χ4n) is 2.11. The first kappa shape index (κ1) is 17.9. The minimum atomic E-state index is -3.46. The summed E-state index contributed by atoms with van der Waals surface area (Å²) in [6.45, 7) is 7.89. The zero-order chi connectivity index (χ0) is 16.0. The fourth-order valence-corrected chi connectivity index (χ4v) is 3.49. The first-order valence-electron chi connectivity index (χ1n) is 7.16. The van der Waals surface area contributed by atoms with Crippen LogP contribution in [0.3, 0.4) is 0 Å². The average molecular weight is 314 g/mol. The molecule has 0 saturated heterocycles. The molecule has 1 N–H and O–H groups in total. The topological polar surface area (TPSA) is 58.6 Å². The first-order chi connectivity index (χ1) is 9.82. The van der Waals surface area contributed by atoms with E-state index in [9.17, 15) is 8.42 Å². The van der Waals surface area contributed by atoms with Gasteiger partial charge in [0.1, 0.15) is 5.75 Å². The summed E-state index contributed by atoms with van der Waals surface area (Å²) >= 11 is 0. The van der Waals surface area contributed by atoms with Gasteiger partial charge in [-0.15, -0.1) is 0 Å². The lowest BCUT2D eigenvalue weighted by molar-refractivity contribution is 0.406. The van der Waals surface area contributed by atoms with Crippen molar-refractivity contribution in [2.45, 2.75) is 32.2 Å². The van der Waals surface area contributed by atoms with Crippen LogP contribution in [0.5, 0.6) is 5.75 Å². The van der Waals surface area contributed by atoms with Crippen molar-refractivity contribution >= 4 is 10.0 Å². The molecule has 0 spiro atoms. The number of benzene rings is 1. The number of ether oxygens (including phenoxy) is 1. The largest absolute Gasteiger partial charge is 0.496 e. The highest BCUT2D eigenvalue weighted by atomic mass is 32.2. The number of rotatable bonds is 8. The lowest BCUT2D eigenvalue weighted by Crippen LogP contribution is -2.30. The van der Waals surface area contributed by atoms with Crippen LogP contribution in [0.2, 0.25) is 0 Å². The highest BCUT2D eigenvalue weighted by molar-refractivity contribution is 7.89. The zero-order valence-electron chi connectivity index (χ0n) is 13.5. The quantitative estimate of drug-likeness (QED) is 0.798. The van der Waals surface area contributed by atoms with Crippen LogP contribution in [-0.2, 0) is 16.6 Å². The Morgan fingerprint density at radius 3 is 2.52 bits per heavy atom. The molecule has 1 rings (SSSR count). The molecule has 0 aliphatic carbocycles. The van der Waals surface area contributed by atoms with Gasteiger partial charge >= 0.3 is 0 Å². The molecule has 0 heterocycles. The maximum absolute atomic E-state index is 12.6. The lowest BCUT2D eigenvalue weighted by Gasteiger charge is -2.20. The molecular formula is C15H26N2O3S. The number of nitrogens with one attached hydrogen (secondary N) is 1. The number of hydrogen-bond acceptors (Lipinski definition) is 4. The van der Waals surface area contributed by atoms with E-state index in [2.05, 4.69) is 5.32 Å². The molecule has 0 saturated carbocycles. The molecule has 0 aromatic heterocycles. The molecular weight excluding hydrogens is 288 g/mol. The van der Waals surface area contributed by atoms with Gasteiger partial charge in [0.2, 0.25) is 10.0 Å². The number of nitrogens with zero attached hydrogens (tertiary/aromatic N) is 1. The Bertz CT molecular complexity index is 556. The van der Waals surface area contributed by atoms with Crippen LogP contribution in [0.1, 0.15) is 26.3 Å². The monoisotopic (exact) mass is 314 g/mol. The number of methoxy groups -OCH3 is 1. The van der Waals surface area contributed by atoms with Crippen molar-refractivity contribution in [2.24, 2.45) is 5.92 Å². The van der Waals surface area contributed by atoms with Crippen LogP contribution in [0.25, 0.3) is 0 Å². The van der Waals surface area contributed by atoms with Gasteiger partial charge in [-0.1, -0.05) is 20.8 Å². The molecule has 0 bridgehead atoms. The molecule has 0 aliphatic heterocycles. The van der Waals surface area contributed by atoms with E-state index in [0.29, 0.717) is 23.7 Å². The summed E-state index contributed by atoms with van der Waals surface area (Å²) in [6, 6.07) is 5.00. The zero-order valence-corrected chi connectivity index (χ0v) is 14.3. The van der Waals surface area contributed by atoms with Crippen molar-refractivity contribution in [1.29, 1.82) is 0 Å². The van der Waals surface area contributed by atoms with Gasteiger partial charge in [0, 0.05) is 25.7 Å². The SMILES string of the molecule is CCNCc1cc(S(=O)(=O)N(C)CC(C)C)ccc1OC. The van der Waals surface area contributed by atoms with Crippen LogP contribution in [-0.4, -0.2) is 40.0 Å². The minimum Gasteiger partial charge on any atom is -0.496 e. The molecule has 0 atom stereocenters. The number of hydrogen-bond donors (Lipinski definition) is 1. The Labute approximate surface area is 128 Å². The van der Waals surface area contributed by atoms with Crippen LogP contribution in [0.4, 0.5) is 0 Å². The molecule has 1 aromatic rings. The molecule has 0 amide bonds. The second kappa shape index (κ2) is 7.77. The van der Waals surface area contributed by atoms with Gasteiger partial charge in [-0.2, -0.15) is 0 Å². The van der Waals surface area contributed by atoms with Gasteiger partial charge in [-0.3, -0.25) is 0 Å². The van der Waals surface area contributed by atoms with E-state index in [0.717, 1.165) is 12.1 Å². The van der Waals surface area contributed by atoms with E-state index < -0.39 is 10.0 Å². The second-order valence-corrected chi connectivity index (χ2v) is 7.48. The standard InChI is InChI=1S/C15H26N2O3S/c1-6-16-10-13-9-14(7-8-15(13)20-5)21(18,19)17(4)11-12(2)3/h7-9,12,16H,6,10-11H2,1-5H3. The lowest BCUT2D eigenvalue weighted by atomic mass is 10.2. The molecule has 5 nitrogen and oxygen atoms in total. The summed E-state index contributed by atoms with van der Waals surface area (Å²) in [5.41, 5.74) is 0.846. The van der Waals surface area contributed by atoms with E-state index >= 15 is 0 Å². The van der Waals surface area contributed by atoms with Crippen molar-refractivity contribution in [2.75, 3.05) is 27.2 Å². The number of sulfonamides is 1. The third-order valence-electron chi connectivity index (χ3n) is 3.15. The van der Waals surface area contributed by atoms with Crippen molar-refractivity contribution in [3.05, 3.63) is 23.8 Å². The Kier molecular flexibility index (Phi) is 6.64. The van der Waals surface area contributed by atoms with Crippen molar-refractivity contribution in [1.82, 2.24) is 9.62 Å². The third-order valence-corrected chi connectivity index (χ3v) is 4.97. The predicted octanol–water partition coefficient (Wildman–Crippen LogP) is 2.08. The summed E-state index contributed by atoms with van der Waals surface area (Å²) in [5.74, 6) is 0.977. The van der Waals surface area contributed by atoms with E-state index in [1.165, 1.54) is 4.31 Å². The maximum atomic E-state index is 12.6. The normalized spacial score (nSPS) is 12.1. The maximum Gasteiger partial charge on any atom is 0.242 e. The summed E-state index contributed by atoms with van der Waals surface area (Å²) < 4.78 is 31.8. The van der Waals surface area contributed by atoms with Crippen LogP contribution >= 0.6 is 0 Å². The van der Waals surface area contributed by atoms with Gasteiger partial charge in [-0.25, -0.2) is 12.7 Å². The third kappa shape index (κ3) is 4.69. The van der Waals surface area contributed by atoms with Gasteiger partial charge < -0.3 is 10.1 Å². The predicted molar refractivity (Wildman–Crippen MR) is 85.0 cm³/mol. The first-order valence-corrected chi connectivity index (χ1v) is 8.60. The molecule has 21 heavy (non-hydrogen) atoms. The Morgan fingerprint density at radius 2 is 2.00 bits per heavy atom. The Morgan fingerprint density at radius 1 is 1.33 bits per heavy atom. The molecule has 1 aromatic carbocycles. The van der Waals surface area contributed by atoms with E-state index in [-0.39, 0.29) is 5.92 Å². The van der Waals surface area contributed by atoms with Crippen molar-refractivity contribution < 1.29 is 13.2 Å². The smallest absolute Gasteiger partial charge is 0.242 e. The van der Waals surface area contributed by atoms with Crippen LogP contribution < -0.4 is 10.1 Å². The van der Waals surface area contributed by atoms with Crippen LogP contribution in [0, 0.1) is 5.92 Å². The summed E-state index contributed by atoms with van der Waals surface area (Å²) in [5, 5.41) is 3.19.